The molecule has 0 spiro atoms. The van der Waals surface area contributed by atoms with E-state index in [9.17, 15) is 8.42 Å². The number of sulfone groups is 1. The van der Waals surface area contributed by atoms with Crippen LogP contribution in [-0.2, 0) is 16.3 Å². The average molecular weight is 276 g/mol. The summed E-state index contributed by atoms with van der Waals surface area (Å²) in [6, 6.07) is 8.66. The summed E-state index contributed by atoms with van der Waals surface area (Å²) in [6.45, 7) is 3.64. The molecule has 1 aromatic heterocycles. The fraction of sp³-hybridized carbons (Fsp3) is 0.286. The lowest BCUT2D eigenvalue weighted by molar-refractivity contribution is 0.581. The van der Waals surface area contributed by atoms with Gasteiger partial charge in [0.25, 0.3) is 0 Å². The van der Waals surface area contributed by atoms with Crippen LogP contribution >= 0.6 is 0 Å². The van der Waals surface area contributed by atoms with Crippen molar-refractivity contribution in [2.45, 2.75) is 30.4 Å². The molecule has 0 fully saturated rings. The molecule has 0 saturated heterocycles. The van der Waals surface area contributed by atoms with Crippen molar-refractivity contribution < 1.29 is 8.42 Å². The summed E-state index contributed by atoms with van der Waals surface area (Å²) in [5, 5.41) is -0.509. The highest BCUT2D eigenvalue weighted by atomic mass is 32.2. The summed E-state index contributed by atoms with van der Waals surface area (Å²) in [5.74, 6) is 0. The number of hydrogen-bond donors (Lipinski definition) is 0. The van der Waals surface area contributed by atoms with Crippen molar-refractivity contribution in [1.29, 1.82) is 0 Å². The maximum atomic E-state index is 12.4. The maximum Gasteiger partial charge on any atom is 0.181 e. The second-order valence-corrected chi connectivity index (χ2v) is 6.94. The van der Waals surface area contributed by atoms with Crippen LogP contribution in [0, 0.1) is 6.92 Å². The van der Waals surface area contributed by atoms with Crippen LogP contribution in [-0.4, -0.2) is 23.6 Å². The number of hydrogen-bond acceptors (Lipinski definition) is 4. The van der Waals surface area contributed by atoms with Gasteiger partial charge in [0, 0.05) is 18.3 Å². The Bertz CT molecular complexity index is 637. The maximum absolute atomic E-state index is 12.4. The summed E-state index contributed by atoms with van der Waals surface area (Å²) >= 11 is 0. The van der Waals surface area contributed by atoms with Crippen molar-refractivity contribution in [2.75, 3.05) is 0 Å². The highest BCUT2D eigenvalue weighted by Gasteiger charge is 2.23. The van der Waals surface area contributed by atoms with Crippen LogP contribution in [0.2, 0.25) is 0 Å². The Labute approximate surface area is 113 Å². The Balaban J connectivity index is 2.22. The van der Waals surface area contributed by atoms with Crippen LogP contribution in [0.25, 0.3) is 0 Å². The van der Waals surface area contributed by atoms with E-state index >= 15 is 0 Å². The third-order valence-electron chi connectivity index (χ3n) is 3.02. The molecule has 5 heteroatoms. The van der Waals surface area contributed by atoms with Gasteiger partial charge in [-0.3, -0.25) is 0 Å². The number of nitrogens with zero attached hydrogens (tertiary/aromatic N) is 2. The highest BCUT2D eigenvalue weighted by molar-refractivity contribution is 7.92. The lowest BCUT2D eigenvalue weighted by Crippen LogP contribution is -2.21. The van der Waals surface area contributed by atoms with Gasteiger partial charge < -0.3 is 0 Å². The first-order valence-corrected chi connectivity index (χ1v) is 7.60. The quantitative estimate of drug-likeness (QED) is 0.859. The molecule has 0 bridgehead atoms. The van der Waals surface area contributed by atoms with Crippen molar-refractivity contribution >= 4 is 9.84 Å². The van der Waals surface area contributed by atoms with Gasteiger partial charge >= 0.3 is 0 Å². The lowest BCUT2D eigenvalue weighted by Gasteiger charge is -2.12. The summed E-state index contributed by atoms with van der Waals surface area (Å²) < 4.78 is 24.8. The monoisotopic (exact) mass is 276 g/mol. The van der Waals surface area contributed by atoms with Crippen LogP contribution in [0.15, 0.2) is 47.8 Å². The van der Waals surface area contributed by atoms with Gasteiger partial charge in [-0.15, -0.1) is 0 Å². The Hall–Kier alpha value is -1.75. The molecule has 100 valence electrons. The molecule has 0 N–H and O–H groups in total. The predicted molar refractivity (Wildman–Crippen MR) is 73.6 cm³/mol. The molecule has 0 radical (unpaired) electrons. The molecule has 2 aromatic rings. The molecule has 4 nitrogen and oxygen atoms in total. The van der Waals surface area contributed by atoms with Gasteiger partial charge in [-0.05, 0) is 32.0 Å². The number of aromatic nitrogens is 2. The number of benzene rings is 1. The zero-order chi connectivity index (χ0) is 13.9. The van der Waals surface area contributed by atoms with Crippen LogP contribution in [0.5, 0.6) is 0 Å². The molecule has 0 aliphatic heterocycles. The Morgan fingerprint density at radius 1 is 1.16 bits per heavy atom. The predicted octanol–water partition coefficient (Wildman–Crippen LogP) is 2.19. The molecule has 2 rings (SSSR count). The number of rotatable bonds is 4. The van der Waals surface area contributed by atoms with Gasteiger partial charge in [-0.2, -0.15) is 0 Å². The largest absolute Gasteiger partial charge is 0.245 e. The molecule has 0 aliphatic rings. The van der Waals surface area contributed by atoms with Crippen molar-refractivity contribution in [3.8, 4) is 0 Å². The van der Waals surface area contributed by atoms with Gasteiger partial charge in [0.15, 0.2) is 9.84 Å². The normalized spacial score (nSPS) is 13.2. The smallest absolute Gasteiger partial charge is 0.181 e. The van der Waals surface area contributed by atoms with E-state index in [4.69, 9.17) is 0 Å². The van der Waals surface area contributed by atoms with Gasteiger partial charge in [0.1, 0.15) is 6.33 Å². The van der Waals surface area contributed by atoms with E-state index in [1.54, 1.807) is 31.3 Å². The van der Waals surface area contributed by atoms with Crippen molar-refractivity contribution in [3.05, 3.63) is 54.1 Å². The van der Waals surface area contributed by atoms with Crippen LogP contribution in [0.4, 0.5) is 0 Å². The van der Waals surface area contributed by atoms with E-state index in [1.165, 1.54) is 6.33 Å². The van der Waals surface area contributed by atoms with Gasteiger partial charge in [0.05, 0.1) is 10.1 Å². The van der Waals surface area contributed by atoms with Crippen molar-refractivity contribution in [1.82, 2.24) is 9.97 Å². The molecule has 1 aromatic carbocycles. The second kappa shape index (κ2) is 5.48. The summed E-state index contributed by atoms with van der Waals surface area (Å²) in [7, 11) is -3.31. The fourth-order valence-corrected chi connectivity index (χ4v) is 3.17. The summed E-state index contributed by atoms with van der Waals surface area (Å²) in [5.41, 5.74) is 1.78. The van der Waals surface area contributed by atoms with E-state index in [0.29, 0.717) is 11.3 Å². The highest BCUT2D eigenvalue weighted by Crippen LogP contribution is 2.18. The van der Waals surface area contributed by atoms with Crippen molar-refractivity contribution in [2.24, 2.45) is 0 Å². The standard InChI is InChI=1S/C14H16N2O2S/c1-11-3-5-14(6-4-11)19(17,18)12(2)9-13-7-8-15-10-16-13/h3-8,10,12H,9H2,1-2H3. The first-order valence-electron chi connectivity index (χ1n) is 6.05. The molecule has 1 unspecified atom stereocenters. The minimum atomic E-state index is -3.31. The molecule has 0 saturated carbocycles. The molecular formula is C14H16N2O2S. The summed E-state index contributed by atoms with van der Waals surface area (Å²) in [6.07, 6.45) is 3.44. The Kier molecular flexibility index (Phi) is 3.95. The van der Waals surface area contributed by atoms with E-state index < -0.39 is 15.1 Å². The minimum Gasteiger partial charge on any atom is -0.245 e. The minimum absolute atomic E-state index is 0.361. The second-order valence-electron chi connectivity index (χ2n) is 4.57. The van der Waals surface area contributed by atoms with Crippen LogP contribution in [0.3, 0.4) is 0 Å². The fourth-order valence-electron chi connectivity index (χ4n) is 1.80. The van der Waals surface area contributed by atoms with E-state index in [2.05, 4.69) is 9.97 Å². The zero-order valence-corrected chi connectivity index (χ0v) is 11.8. The molecule has 1 atom stereocenters. The van der Waals surface area contributed by atoms with Crippen LogP contribution < -0.4 is 0 Å². The molecule has 0 amide bonds. The molecule has 1 heterocycles. The van der Waals surface area contributed by atoms with Crippen LogP contribution in [0.1, 0.15) is 18.2 Å². The van der Waals surface area contributed by atoms with E-state index in [1.807, 2.05) is 19.1 Å². The Morgan fingerprint density at radius 2 is 1.84 bits per heavy atom. The third kappa shape index (κ3) is 3.17. The SMILES string of the molecule is Cc1ccc(S(=O)(=O)C(C)Cc2ccncn2)cc1. The Morgan fingerprint density at radius 3 is 2.42 bits per heavy atom. The average Bonchev–Trinajstić information content (AvgIpc) is 2.40. The first kappa shape index (κ1) is 13.7. The molecular weight excluding hydrogens is 260 g/mol. The first-order chi connectivity index (χ1) is 9.00. The molecule has 19 heavy (non-hydrogen) atoms. The zero-order valence-electron chi connectivity index (χ0n) is 10.9. The van der Waals surface area contributed by atoms with Gasteiger partial charge in [-0.25, -0.2) is 18.4 Å². The van der Waals surface area contributed by atoms with E-state index in [0.717, 1.165) is 11.3 Å². The topological polar surface area (TPSA) is 59.9 Å². The van der Waals surface area contributed by atoms with Crippen molar-refractivity contribution in [3.63, 3.8) is 0 Å². The van der Waals surface area contributed by atoms with Gasteiger partial charge in [0.2, 0.25) is 0 Å². The summed E-state index contributed by atoms with van der Waals surface area (Å²) in [4.78, 5) is 8.25. The third-order valence-corrected chi connectivity index (χ3v) is 5.17. The lowest BCUT2D eigenvalue weighted by atomic mass is 10.2. The van der Waals surface area contributed by atoms with E-state index in [-0.39, 0.29) is 0 Å². The molecule has 0 aliphatic carbocycles. The number of aryl methyl sites for hydroxylation is 1. The van der Waals surface area contributed by atoms with Gasteiger partial charge in [-0.1, -0.05) is 17.7 Å².